The van der Waals surface area contributed by atoms with Crippen molar-refractivity contribution in [3.8, 4) is 0 Å². The molecule has 18 heavy (non-hydrogen) atoms. The number of hydrogen-bond donors (Lipinski definition) is 0. The second-order valence-corrected chi connectivity index (χ2v) is 5.90. The van der Waals surface area contributed by atoms with Gasteiger partial charge in [0, 0.05) is 14.9 Å². The summed E-state index contributed by atoms with van der Waals surface area (Å²) >= 11 is 6.79. The first-order valence-electron chi connectivity index (χ1n) is 5.40. The predicted octanol–water partition coefficient (Wildman–Crippen LogP) is 5.41. The third-order valence-electron chi connectivity index (χ3n) is 2.62. The molecule has 1 unspecified atom stereocenters. The Morgan fingerprint density at radius 1 is 1.06 bits per heavy atom. The maximum atomic E-state index is 13.7. The van der Waals surface area contributed by atoms with Crippen molar-refractivity contribution >= 4 is 31.9 Å². The molecule has 0 saturated carbocycles. The molecule has 0 nitrogen and oxygen atoms in total. The Hall–Kier alpha value is -0.740. The largest absolute Gasteiger partial charge is 0.207 e. The second kappa shape index (κ2) is 5.93. The van der Waals surface area contributed by atoms with Crippen LogP contribution in [0.15, 0.2) is 46.9 Å². The van der Waals surface area contributed by atoms with Crippen LogP contribution in [0.4, 0.5) is 8.78 Å². The molecule has 4 heteroatoms. The first kappa shape index (κ1) is 13.7. The minimum Gasteiger partial charge on any atom is -0.207 e. The Bertz CT molecular complexity index is 535. The molecule has 0 aliphatic carbocycles. The van der Waals surface area contributed by atoms with Crippen LogP contribution in [0.1, 0.15) is 16.0 Å². The van der Waals surface area contributed by atoms with Crippen LogP contribution in [0.3, 0.4) is 0 Å². The van der Waals surface area contributed by atoms with E-state index in [2.05, 4.69) is 31.9 Å². The van der Waals surface area contributed by atoms with Gasteiger partial charge >= 0.3 is 0 Å². The first-order valence-corrected chi connectivity index (χ1v) is 7.11. The fraction of sp³-hybridized carbons (Fsp3) is 0.143. The molecule has 0 N–H and O–H groups in total. The van der Waals surface area contributed by atoms with E-state index >= 15 is 0 Å². The van der Waals surface area contributed by atoms with E-state index in [0.717, 1.165) is 5.56 Å². The molecular formula is C14H10Br2F2. The van der Waals surface area contributed by atoms with E-state index in [9.17, 15) is 8.78 Å². The molecule has 0 bridgehead atoms. The van der Waals surface area contributed by atoms with E-state index in [0.29, 0.717) is 16.5 Å². The molecule has 0 amide bonds. The number of rotatable bonds is 3. The van der Waals surface area contributed by atoms with Crippen LogP contribution in [-0.2, 0) is 6.42 Å². The average molecular weight is 376 g/mol. The molecule has 0 aromatic heterocycles. The van der Waals surface area contributed by atoms with Gasteiger partial charge in [-0.25, -0.2) is 8.78 Å². The topological polar surface area (TPSA) is 0 Å². The molecular weight excluding hydrogens is 366 g/mol. The monoisotopic (exact) mass is 374 g/mol. The highest BCUT2D eigenvalue weighted by atomic mass is 79.9. The number of halogens is 4. The lowest BCUT2D eigenvalue weighted by atomic mass is 10.0. The maximum Gasteiger partial charge on any atom is 0.128 e. The summed E-state index contributed by atoms with van der Waals surface area (Å²) in [6.07, 6.45) is 0.525. The van der Waals surface area contributed by atoms with Gasteiger partial charge in [0.2, 0.25) is 0 Å². The Kier molecular flexibility index (Phi) is 4.51. The second-order valence-electron chi connectivity index (χ2n) is 3.94. The van der Waals surface area contributed by atoms with Gasteiger partial charge in [-0.2, -0.15) is 0 Å². The minimum absolute atomic E-state index is 0.199. The fourth-order valence-corrected chi connectivity index (χ4v) is 3.55. The molecule has 94 valence electrons. The standard InChI is InChI=1S/C14H10Br2F2/c15-11-5-2-6-13(18)14(11)12(16)8-9-3-1-4-10(17)7-9/h1-7,12H,8H2. The zero-order valence-corrected chi connectivity index (χ0v) is 12.5. The van der Waals surface area contributed by atoms with Crippen LogP contribution < -0.4 is 0 Å². The Balaban J connectivity index is 2.25. The van der Waals surface area contributed by atoms with Crippen LogP contribution in [0.2, 0.25) is 0 Å². The SMILES string of the molecule is Fc1cccc(CC(Br)c2c(F)cccc2Br)c1. The van der Waals surface area contributed by atoms with Crippen molar-refractivity contribution in [2.24, 2.45) is 0 Å². The fourth-order valence-electron chi connectivity index (χ4n) is 1.78. The third-order valence-corrected chi connectivity index (χ3v) is 4.09. The van der Waals surface area contributed by atoms with Crippen molar-refractivity contribution in [1.82, 2.24) is 0 Å². The summed E-state index contributed by atoms with van der Waals surface area (Å²) in [7, 11) is 0. The highest BCUT2D eigenvalue weighted by Crippen LogP contribution is 2.34. The number of alkyl halides is 1. The van der Waals surface area contributed by atoms with Crippen molar-refractivity contribution in [3.63, 3.8) is 0 Å². The summed E-state index contributed by atoms with van der Waals surface area (Å²) in [5.74, 6) is -0.553. The van der Waals surface area contributed by atoms with Crippen LogP contribution >= 0.6 is 31.9 Å². The lowest BCUT2D eigenvalue weighted by molar-refractivity contribution is 0.605. The molecule has 0 radical (unpaired) electrons. The maximum absolute atomic E-state index is 13.7. The van der Waals surface area contributed by atoms with Gasteiger partial charge in [-0.1, -0.05) is 50.1 Å². The van der Waals surface area contributed by atoms with E-state index in [1.807, 2.05) is 6.07 Å². The molecule has 1 atom stereocenters. The van der Waals surface area contributed by atoms with Gasteiger partial charge in [-0.3, -0.25) is 0 Å². The summed E-state index contributed by atoms with van der Waals surface area (Å²) in [4.78, 5) is -0.199. The molecule has 0 aliphatic heterocycles. The minimum atomic E-state index is -0.278. The van der Waals surface area contributed by atoms with Crippen LogP contribution in [0.25, 0.3) is 0 Å². The summed E-state index contributed by atoms with van der Waals surface area (Å²) in [5.41, 5.74) is 1.38. The quantitative estimate of drug-likeness (QED) is 0.629. The number of benzene rings is 2. The lowest BCUT2D eigenvalue weighted by Crippen LogP contribution is -2.00. The van der Waals surface area contributed by atoms with Crippen LogP contribution in [0.5, 0.6) is 0 Å². The van der Waals surface area contributed by atoms with Crippen molar-refractivity contribution in [3.05, 3.63) is 69.7 Å². The highest BCUT2D eigenvalue weighted by molar-refractivity contribution is 9.11. The molecule has 2 aromatic rings. The number of hydrogen-bond acceptors (Lipinski definition) is 0. The van der Waals surface area contributed by atoms with Gasteiger partial charge in [0.1, 0.15) is 11.6 Å². The highest BCUT2D eigenvalue weighted by Gasteiger charge is 2.16. The molecule has 0 heterocycles. The molecule has 0 fully saturated rings. The van der Waals surface area contributed by atoms with Crippen molar-refractivity contribution in [1.29, 1.82) is 0 Å². The van der Waals surface area contributed by atoms with Crippen molar-refractivity contribution in [2.45, 2.75) is 11.2 Å². The Labute approximate surface area is 121 Å². The summed E-state index contributed by atoms with van der Waals surface area (Å²) in [6.45, 7) is 0. The molecule has 2 rings (SSSR count). The van der Waals surface area contributed by atoms with E-state index in [1.165, 1.54) is 18.2 Å². The zero-order valence-electron chi connectivity index (χ0n) is 9.34. The molecule has 0 aliphatic rings. The van der Waals surface area contributed by atoms with Crippen molar-refractivity contribution < 1.29 is 8.78 Å². The van der Waals surface area contributed by atoms with Gasteiger partial charge in [-0.05, 0) is 36.2 Å². The van der Waals surface area contributed by atoms with E-state index < -0.39 is 0 Å². The smallest absolute Gasteiger partial charge is 0.128 e. The predicted molar refractivity (Wildman–Crippen MR) is 75.9 cm³/mol. The molecule has 0 saturated heterocycles. The van der Waals surface area contributed by atoms with Gasteiger partial charge in [0.05, 0.1) is 0 Å². The normalized spacial score (nSPS) is 12.4. The zero-order chi connectivity index (χ0) is 13.1. The summed E-state index contributed by atoms with van der Waals surface area (Å²) in [6, 6.07) is 11.2. The van der Waals surface area contributed by atoms with Gasteiger partial charge < -0.3 is 0 Å². The van der Waals surface area contributed by atoms with Crippen LogP contribution in [-0.4, -0.2) is 0 Å². The summed E-state index contributed by atoms with van der Waals surface area (Å²) in [5, 5.41) is 0. The third kappa shape index (κ3) is 3.18. The van der Waals surface area contributed by atoms with Crippen molar-refractivity contribution in [2.75, 3.05) is 0 Å². The van der Waals surface area contributed by atoms with E-state index in [4.69, 9.17) is 0 Å². The lowest BCUT2D eigenvalue weighted by Gasteiger charge is -2.13. The van der Waals surface area contributed by atoms with Gasteiger partial charge in [-0.15, -0.1) is 0 Å². The van der Waals surface area contributed by atoms with Gasteiger partial charge in [0.15, 0.2) is 0 Å². The van der Waals surface area contributed by atoms with Crippen LogP contribution in [0, 0.1) is 11.6 Å². The summed E-state index contributed by atoms with van der Waals surface area (Å²) < 4.78 is 27.5. The van der Waals surface area contributed by atoms with Gasteiger partial charge in [0.25, 0.3) is 0 Å². The Morgan fingerprint density at radius 2 is 1.78 bits per heavy atom. The first-order chi connectivity index (χ1) is 8.58. The molecule has 2 aromatic carbocycles. The van der Waals surface area contributed by atoms with E-state index in [-0.39, 0.29) is 16.5 Å². The van der Waals surface area contributed by atoms with E-state index in [1.54, 1.807) is 18.2 Å². The Morgan fingerprint density at radius 3 is 2.44 bits per heavy atom. The molecule has 0 spiro atoms. The average Bonchev–Trinajstić information content (AvgIpc) is 2.28.